The lowest BCUT2D eigenvalue weighted by Gasteiger charge is -2.10. The van der Waals surface area contributed by atoms with E-state index in [1.807, 2.05) is 77.4 Å². The average molecular weight is 423 g/mol. The van der Waals surface area contributed by atoms with E-state index in [-0.39, 0.29) is 0 Å². The van der Waals surface area contributed by atoms with Crippen molar-refractivity contribution in [1.29, 1.82) is 0 Å². The van der Waals surface area contributed by atoms with Crippen LogP contribution in [0.3, 0.4) is 0 Å². The maximum absolute atomic E-state index is 4.85. The zero-order valence-corrected chi connectivity index (χ0v) is 17.4. The Labute approximate surface area is 183 Å². The highest BCUT2D eigenvalue weighted by molar-refractivity contribution is 7.99. The van der Waals surface area contributed by atoms with Crippen LogP contribution in [-0.4, -0.2) is 29.7 Å². The van der Waals surface area contributed by atoms with E-state index >= 15 is 0 Å². The molecule has 0 aliphatic rings. The molecule has 0 bridgehead atoms. The number of allylic oxidation sites excluding steroid dienone is 1. The van der Waals surface area contributed by atoms with Crippen LogP contribution in [0, 0.1) is 0 Å². The van der Waals surface area contributed by atoms with E-state index in [4.69, 9.17) is 9.97 Å². The van der Waals surface area contributed by atoms with Gasteiger partial charge in [0.15, 0.2) is 16.8 Å². The van der Waals surface area contributed by atoms with Crippen LogP contribution in [0.1, 0.15) is 0 Å². The maximum Gasteiger partial charge on any atom is 0.198 e. The first-order chi connectivity index (χ1) is 15.3. The Morgan fingerprint density at radius 3 is 2.48 bits per heavy atom. The number of pyridine rings is 1. The van der Waals surface area contributed by atoms with Crippen LogP contribution in [0.15, 0.2) is 102 Å². The molecule has 0 radical (unpaired) electrons. The Morgan fingerprint density at radius 1 is 0.871 bits per heavy atom. The molecule has 150 valence electrons. The Hall–Kier alpha value is -3.84. The molecule has 7 heteroatoms. The van der Waals surface area contributed by atoms with Gasteiger partial charge in [0.1, 0.15) is 5.03 Å². The standard InChI is InChI=1S/C24H18N6S/c1-2-15-30-22(17-9-4-3-5-10-17)28-29-24(30)31-23-19-12-6-7-13-20(19)26-21(27-23)18-11-8-14-25-16-18/h2-14,16H,1,15H2. The summed E-state index contributed by atoms with van der Waals surface area (Å²) in [7, 11) is 0. The molecular weight excluding hydrogens is 404 g/mol. The van der Waals surface area contributed by atoms with E-state index in [1.54, 1.807) is 12.4 Å². The minimum atomic E-state index is 0.595. The van der Waals surface area contributed by atoms with Gasteiger partial charge in [-0.05, 0) is 30.0 Å². The van der Waals surface area contributed by atoms with E-state index in [0.717, 1.165) is 38.0 Å². The zero-order chi connectivity index (χ0) is 21.0. The quantitative estimate of drug-likeness (QED) is 0.274. The molecule has 0 saturated carbocycles. The van der Waals surface area contributed by atoms with E-state index in [1.165, 1.54) is 11.8 Å². The molecule has 0 aliphatic carbocycles. The van der Waals surface area contributed by atoms with E-state index in [9.17, 15) is 0 Å². The minimum Gasteiger partial charge on any atom is -0.298 e. The van der Waals surface area contributed by atoms with Gasteiger partial charge in [-0.15, -0.1) is 16.8 Å². The van der Waals surface area contributed by atoms with Gasteiger partial charge < -0.3 is 0 Å². The highest BCUT2D eigenvalue weighted by Gasteiger charge is 2.17. The second-order valence-corrected chi connectivity index (χ2v) is 7.74. The average Bonchev–Trinajstić information content (AvgIpc) is 3.22. The highest BCUT2D eigenvalue weighted by Crippen LogP contribution is 2.34. The van der Waals surface area contributed by atoms with Crippen LogP contribution in [-0.2, 0) is 6.54 Å². The Balaban J connectivity index is 1.62. The predicted molar refractivity (Wildman–Crippen MR) is 123 cm³/mol. The van der Waals surface area contributed by atoms with Crippen LogP contribution in [0.5, 0.6) is 0 Å². The summed E-state index contributed by atoms with van der Waals surface area (Å²) < 4.78 is 2.05. The molecule has 0 aliphatic heterocycles. The van der Waals surface area contributed by atoms with Crippen LogP contribution < -0.4 is 0 Å². The van der Waals surface area contributed by atoms with Crippen molar-refractivity contribution in [2.45, 2.75) is 16.7 Å². The van der Waals surface area contributed by atoms with Crippen molar-refractivity contribution >= 4 is 22.7 Å². The van der Waals surface area contributed by atoms with Crippen LogP contribution >= 0.6 is 11.8 Å². The molecule has 0 N–H and O–H groups in total. The van der Waals surface area contributed by atoms with Crippen LogP contribution in [0.2, 0.25) is 0 Å². The van der Waals surface area contributed by atoms with Gasteiger partial charge >= 0.3 is 0 Å². The number of hydrogen-bond acceptors (Lipinski definition) is 6. The summed E-state index contributed by atoms with van der Waals surface area (Å²) in [6, 6.07) is 21.8. The summed E-state index contributed by atoms with van der Waals surface area (Å²) in [4.78, 5) is 13.8. The second kappa shape index (κ2) is 8.49. The van der Waals surface area contributed by atoms with E-state index < -0.39 is 0 Å². The molecule has 3 heterocycles. The number of para-hydroxylation sites is 1. The van der Waals surface area contributed by atoms with Gasteiger partial charge in [-0.25, -0.2) is 9.97 Å². The van der Waals surface area contributed by atoms with Gasteiger partial charge in [-0.3, -0.25) is 9.55 Å². The number of aromatic nitrogens is 6. The molecule has 6 nitrogen and oxygen atoms in total. The first kappa shape index (κ1) is 19.1. The molecule has 0 spiro atoms. The SMILES string of the molecule is C=CCn1c(Sc2nc(-c3cccnc3)nc3ccccc23)nnc1-c1ccccc1. The maximum atomic E-state index is 4.85. The van der Waals surface area contributed by atoms with Gasteiger partial charge in [-0.1, -0.05) is 54.6 Å². The largest absolute Gasteiger partial charge is 0.298 e. The fourth-order valence-electron chi connectivity index (χ4n) is 3.29. The van der Waals surface area contributed by atoms with Crippen molar-refractivity contribution in [1.82, 2.24) is 29.7 Å². The van der Waals surface area contributed by atoms with Gasteiger partial charge in [-0.2, -0.15) is 0 Å². The van der Waals surface area contributed by atoms with Crippen molar-refractivity contribution in [3.63, 3.8) is 0 Å². The van der Waals surface area contributed by atoms with Gasteiger partial charge in [0.2, 0.25) is 0 Å². The molecule has 2 aromatic carbocycles. The predicted octanol–water partition coefficient (Wildman–Crippen LogP) is 5.29. The molecule has 5 aromatic rings. The monoisotopic (exact) mass is 422 g/mol. The smallest absolute Gasteiger partial charge is 0.198 e. The summed E-state index contributed by atoms with van der Waals surface area (Å²) in [5.41, 5.74) is 2.75. The first-order valence-corrected chi connectivity index (χ1v) is 10.6. The molecule has 5 rings (SSSR count). The molecule has 0 fully saturated rings. The Morgan fingerprint density at radius 2 is 1.68 bits per heavy atom. The molecule has 0 unspecified atom stereocenters. The van der Waals surface area contributed by atoms with E-state index in [0.29, 0.717) is 12.4 Å². The molecular formula is C24H18N6S. The van der Waals surface area contributed by atoms with Crippen molar-refractivity contribution in [3.05, 3.63) is 91.8 Å². The summed E-state index contributed by atoms with van der Waals surface area (Å²) in [5.74, 6) is 1.43. The third-order valence-corrected chi connectivity index (χ3v) is 5.73. The molecule has 0 atom stereocenters. The van der Waals surface area contributed by atoms with Gasteiger partial charge in [0.05, 0.1) is 5.52 Å². The van der Waals surface area contributed by atoms with Crippen molar-refractivity contribution in [3.8, 4) is 22.8 Å². The van der Waals surface area contributed by atoms with Crippen LogP contribution in [0.4, 0.5) is 0 Å². The number of hydrogen-bond donors (Lipinski definition) is 0. The van der Waals surface area contributed by atoms with E-state index in [2.05, 4.69) is 21.8 Å². The normalized spacial score (nSPS) is 11.0. The number of nitrogens with zero attached hydrogens (tertiary/aromatic N) is 6. The molecule has 31 heavy (non-hydrogen) atoms. The van der Waals surface area contributed by atoms with Gasteiger partial charge in [0.25, 0.3) is 0 Å². The second-order valence-electron chi connectivity index (χ2n) is 6.78. The third kappa shape index (κ3) is 3.83. The number of benzene rings is 2. The number of rotatable bonds is 6. The third-order valence-electron chi connectivity index (χ3n) is 4.74. The lowest BCUT2D eigenvalue weighted by molar-refractivity contribution is 0.730. The topological polar surface area (TPSA) is 69.4 Å². The fourth-order valence-corrected chi connectivity index (χ4v) is 4.24. The minimum absolute atomic E-state index is 0.595. The van der Waals surface area contributed by atoms with Gasteiger partial charge in [0, 0.05) is 35.5 Å². The lowest BCUT2D eigenvalue weighted by atomic mass is 10.2. The Bertz CT molecular complexity index is 1350. The van der Waals surface area contributed by atoms with Crippen molar-refractivity contribution in [2.24, 2.45) is 0 Å². The van der Waals surface area contributed by atoms with Crippen molar-refractivity contribution < 1.29 is 0 Å². The van der Waals surface area contributed by atoms with Crippen molar-refractivity contribution in [2.75, 3.05) is 0 Å². The Kier molecular flexibility index (Phi) is 5.24. The lowest BCUT2D eigenvalue weighted by Crippen LogP contribution is -2.01. The summed E-state index contributed by atoms with van der Waals surface area (Å²) in [5, 5.41) is 11.5. The summed E-state index contributed by atoms with van der Waals surface area (Å²) in [6.07, 6.45) is 5.36. The molecule has 3 aromatic heterocycles. The first-order valence-electron chi connectivity index (χ1n) is 9.78. The fraction of sp³-hybridized carbons (Fsp3) is 0.0417. The molecule has 0 amide bonds. The zero-order valence-electron chi connectivity index (χ0n) is 16.6. The summed E-state index contributed by atoms with van der Waals surface area (Å²) in [6.45, 7) is 4.50. The highest BCUT2D eigenvalue weighted by atomic mass is 32.2. The number of fused-ring (bicyclic) bond motifs is 1. The van der Waals surface area contributed by atoms with Crippen LogP contribution in [0.25, 0.3) is 33.7 Å². The summed E-state index contributed by atoms with van der Waals surface area (Å²) >= 11 is 1.48. The molecule has 0 saturated heterocycles.